The molecule has 120 valence electrons. The first-order valence-corrected chi connectivity index (χ1v) is 7.68. The SMILES string of the molecule is CCC(Oc1ncccc1[N+](=O)[O-])C(=O)NC1CCCCC1. The molecule has 1 amide bonds. The van der Waals surface area contributed by atoms with Gasteiger partial charge in [0.05, 0.1) is 4.92 Å². The fourth-order valence-electron chi connectivity index (χ4n) is 2.61. The fourth-order valence-corrected chi connectivity index (χ4v) is 2.61. The topological polar surface area (TPSA) is 94.4 Å². The van der Waals surface area contributed by atoms with Crippen molar-refractivity contribution < 1.29 is 14.5 Å². The van der Waals surface area contributed by atoms with Crippen LogP contribution in [0.1, 0.15) is 45.4 Å². The Morgan fingerprint density at radius 2 is 2.23 bits per heavy atom. The van der Waals surface area contributed by atoms with Crippen molar-refractivity contribution >= 4 is 11.6 Å². The van der Waals surface area contributed by atoms with Gasteiger partial charge in [0.2, 0.25) is 0 Å². The van der Waals surface area contributed by atoms with Crippen LogP contribution in [0.5, 0.6) is 5.88 Å². The number of nitrogens with one attached hydrogen (secondary N) is 1. The van der Waals surface area contributed by atoms with E-state index in [0.717, 1.165) is 25.7 Å². The minimum Gasteiger partial charge on any atom is -0.459 e. The highest BCUT2D eigenvalue weighted by atomic mass is 16.6. The van der Waals surface area contributed by atoms with Crippen LogP contribution >= 0.6 is 0 Å². The molecule has 1 aromatic heterocycles. The maximum atomic E-state index is 12.3. The smallest absolute Gasteiger partial charge is 0.330 e. The van der Waals surface area contributed by atoms with E-state index in [9.17, 15) is 14.9 Å². The summed E-state index contributed by atoms with van der Waals surface area (Å²) in [5, 5.41) is 13.9. The predicted octanol–water partition coefficient (Wildman–Crippen LogP) is 2.60. The number of hydrogen-bond donors (Lipinski definition) is 1. The van der Waals surface area contributed by atoms with E-state index in [1.807, 2.05) is 0 Å². The second-order valence-corrected chi connectivity index (χ2v) is 5.44. The number of nitro groups is 1. The van der Waals surface area contributed by atoms with Gasteiger partial charge in [-0.1, -0.05) is 26.2 Å². The molecule has 0 aliphatic heterocycles. The van der Waals surface area contributed by atoms with Crippen molar-refractivity contribution in [1.29, 1.82) is 0 Å². The number of rotatable bonds is 6. The Morgan fingerprint density at radius 3 is 2.86 bits per heavy atom. The van der Waals surface area contributed by atoms with Gasteiger partial charge in [0.25, 0.3) is 11.8 Å². The minimum atomic E-state index is -0.768. The van der Waals surface area contributed by atoms with Crippen LogP contribution < -0.4 is 10.1 Å². The molecule has 1 aliphatic rings. The van der Waals surface area contributed by atoms with Crippen molar-refractivity contribution in [3.05, 3.63) is 28.4 Å². The van der Waals surface area contributed by atoms with Gasteiger partial charge in [-0.25, -0.2) is 4.98 Å². The summed E-state index contributed by atoms with van der Waals surface area (Å²) < 4.78 is 5.49. The number of amides is 1. The van der Waals surface area contributed by atoms with Crippen LogP contribution in [-0.4, -0.2) is 28.0 Å². The summed E-state index contributed by atoms with van der Waals surface area (Å²) in [7, 11) is 0. The predicted molar refractivity (Wildman–Crippen MR) is 80.6 cm³/mol. The van der Waals surface area contributed by atoms with E-state index in [2.05, 4.69) is 10.3 Å². The first-order chi connectivity index (χ1) is 10.6. The molecule has 0 saturated heterocycles. The van der Waals surface area contributed by atoms with Crippen molar-refractivity contribution in [2.75, 3.05) is 0 Å². The quantitative estimate of drug-likeness (QED) is 0.644. The standard InChI is InChI=1S/C15H21N3O4/c1-2-13(14(19)17-11-7-4-3-5-8-11)22-15-12(18(20)21)9-6-10-16-15/h6,9-11,13H,2-5,7-8H2,1H3,(H,17,19). The molecule has 0 bridgehead atoms. The van der Waals surface area contributed by atoms with Crippen molar-refractivity contribution in [3.8, 4) is 5.88 Å². The van der Waals surface area contributed by atoms with Crippen molar-refractivity contribution in [3.63, 3.8) is 0 Å². The van der Waals surface area contributed by atoms with Gasteiger partial charge in [-0.2, -0.15) is 0 Å². The van der Waals surface area contributed by atoms with Gasteiger partial charge in [0.1, 0.15) is 0 Å². The Labute approximate surface area is 129 Å². The second kappa shape index (κ2) is 7.72. The number of ether oxygens (including phenoxy) is 1. The van der Waals surface area contributed by atoms with Crippen LogP contribution in [0.15, 0.2) is 18.3 Å². The van der Waals surface area contributed by atoms with Gasteiger partial charge < -0.3 is 10.1 Å². The fraction of sp³-hybridized carbons (Fsp3) is 0.600. The highest BCUT2D eigenvalue weighted by Crippen LogP contribution is 2.25. The van der Waals surface area contributed by atoms with Crippen LogP contribution in [0.2, 0.25) is 0 Å². The third-order valence-corrected chi connectivity index (χ3v) is 3.82. The molecular weight excluding hydrogens is 286 g/mol. The summed E-state index contributed by atoms with van der Waals surface area (Å²) in [6.45, 7) is 1.81. The Hall–Kier alpha value is -2.18. The maximum absolute atomic E-state index is 12.3. The summed E-state index contributed by atoms with van der Waals surface area (Å²) in [5.41, 5.74) is -0.230. The molecule has 0 radical (unpaired) electrons. The van der Waals surface area contributed by atoms with E-state index in [4.69, 9.17) is 4.74 Å². The van der Waals surface area contributed by atoms with E-state index in [1.54, 1.807) is 6.92 Å². The lowest BCUT2D eigenvalue weighted by Crippen LogP contribution is -2.44. The summed E-state index contributed by atoms with van der Waals surface area (Å²) in [6.07, 6.45) is 6.47. The zero-order chi connectivity index (χ0) is 15.9. The van der Waals surface area contributed by atoms with E-state index in [1.165, 1.54) is 24.8 Å². The Balaban J connectivity index is 2.02. The Bertz CT molecular complexity index is 529. The molecule has 1 unspecified atom stereocenters. The average molecular weight is 307 g/mol. The number of aromatic nitrogens is 1. The van der Waals surface area contributed by atoms with Gasteiger partial charge in [-0.3, -0.25) is 14.9 Å². The molecule has 1 saturated carbocycles. The van der Waals surface area contributed by atoms with Crippen LogP contribution in [0, 0.1) is 10.1 Å². The molecule has 1 N–H and O–H groups in total. The minimum absolute atomic E-state index is 0.113. The van der Waals surface area contributed by atoms with Crippen LogP contribution in [-0.2, 0) is 4.79 Å². The number of hydrogen-bond acceptors (Lipinski definition) is 5. The van der Waals surface area contributed by atoms with Crippen molar-refractivity contribution in [1.82, 2.24) is 10.3 Å². The normalized spacial score (nSPS) is 16.8. The molecule has 7 nitrogen and oxygen atoms in total. The van der Waals surface area contributed by atoms with Gasteiger partial charge in [-0.05, 0) is 25.3 Å². The van der Waals surface area contributed by atoms with E-state index in [0.29, 0.717) is 6.42 Å². The molecule has 1 atom stereocenters. The van der Waals surface area contributed by atoms with Crippen molar-refractivity contribution in [2.24, 2.45) is 0 Å². The Morgan fingerprint density at radius 1 is 1.50 bits per heavy atom. The van der Waals surface area contributed by atoms with E-state index in [-0.39, 0.29) is 23.5 Å². The average Bonchev–Trinajstić information content (AvgIpc) is 2.53. The van der Waals surface area contributed by atoms with Gasteiger partial charge >= 0.3 is 5.69 Å². The van der Waals surface area contributed by atoms with Crippen molar-refractivity contribution in [2.45, 2.75) is 57.6 Å². The number of nitrogens with zero attached hydrogens (tertiary/aromatic N) is 2. The number of carbonyl (C=O) groups excluding carboxylic acids is 1. The van der Waals surface area contributed by atoms with Crippen LogP contribution in [0.4, 0.5) is 5.69 Å². The summed E-state index contributed by atoms with van der Waals surface area (Å²) >= 11 is 0. The first kappa shape index (κ1) is 16.2. The molecule has 0 aromatic carbocycles. The highest BCUT2D eigenvalue weighted by Gasteiger charge is 2.26. The zero-order valence-electron chi connectivity index (χ0n) is 12.7. The molecule has 7 heteroatoms. The molecule has 1 heterocycles. The van der Waals surface area contributed by atoms with Crippen LogP contribution in [0.25, 0.3) is 0 Å². The molecular formula is C15H21N3O4. The third kappa shape index (κ3) is 4.16. The molecule has 1 aliphatic carbocycles. The van der Waals surface area contributed by atoms with Gasteiger partial charge in [0, 0.05) is 18.3 Å². The molecule has 1 fully saturated rings. The third-order valence-electron chi connectivity index (χ3n) is 3.82. The summed E-state index contributed by atoms with van der Waals surface area (Å²) in [6, 6.07) is 2.96. The number of pyridine rings is 1. The molecule has 22 heavy (non-hydrogen) atoms. The Kier molecular flexibility index (Phi) is 5.68. The lowest BCUT2D eigenvalue weighted by atomic mass is 9.95. The first-order valence-electron chi connectivity index (χ1n) is 7.68. The van der Waals surface area contributed by atoms with Gasteiger partial charge in [-0.15, -0.1) is 0 Å². The van der Waals surface area contributed by atoms with E-state index >= 15 is 0 Å². The number of carbonyl (C=O) groups is 1. The summed E-state index contributed by atoms with van der Waals surface area (Å²) in [4.78, 5) is 26.6. The monoisotopic (exact) mass is 307 g/mol. The second-order valence-electron chi connectivity index (χ2n) is 5.44. The van der Waals surface area contributed by atoms with Gasteiger partial charge in [0.15, 0.2) is 6.10 Å². The highest BCUT2D eigenvalue weighted by molar-refractivity contribution is 5.81. The maximum Gasteiger partial charge on any atom is 0.330 e. The largest absolute Gasteiger partial charge is 0.459 e. The molecule has 0 spiro atoms. The summed E-state index contributed by atoms with van der Waals surface area (Å²) in [5.74, 6) is -0.340. The van der Waals surface area contributed by atoms with Crippen LogP contribution in [0.3, 0.4) is 0 Å². The molecule has 1 aromatic rings. The van der Waals surface area contributed by atoms with E-state index < -0.39 is 11.0 Å². The molecule has 2 rings (SSSR count). The lowest BCUT2D eigenvalue weighted by Gasteiger charge is -2.25. The lowest BCUT2D eigenvalue weighted by molar-refractivity contribution is -0.386. The zero-order valence-corrected chi connectivity index (χ0v) is 12.7.